The molecule has 1 heterocycles. The molecule has 18 heavy (non-hydrogen) atoms. The summed E-state index contributed by atoms with van der Waals surface area (Å²) in [6.45, 7) is 3.90. The van der Waals surface area contributed by atoms with Crippen molar-refractivity contribution in [1.29, 1.82) is 0 Å². The van der Waals surface area contributed by atoms with E-state index in [1.54, 1.807) is 0 Å². The van der Waals surface area contributed by atoms with Gasteiger partial charge in [0, 0.05) is 25.8 Å². The molecule has 1 N–H and O–H groups in total. The zero-order valence-corrected chi connectivity index (χ0v) is 11.5. The van der Waals surface area contributed by atoms with Crippen molar-refractivity contribution in [2.24, 2.45) is 5.92 Å². The average molecular weight is 253 g/mol. The lowest BCUT2D eigenvalue weighted by Crippen LogP contribution is -2.43. The van der Waals surface area contributed by atoms with Crippen LogP contribution in [-0.4, -0.2) is 38.0 Å². The molecule has 104 valence electrons. The second-order valence-corrected chi connectivity index (χ2v) is 6.41. The first-order chi connectivity index (χ1) is 8.86. The van der Waals surface area contributed by atoms with Crippen LogP contribution in [-0.2, 0) is 9.47 Å². The standard InChI is InChI=1S/C15H27NO2/c1-2-8-15(7-1,12-16-14-3-4-14)18-11-13-5-9-17-10-6-13/h13-14,16H,1-12H2. The molecule has 3 fully saturated rings. The van der Waals surface area contributed by atoms with Gasteiger partial charge in [0.2, 0.25) is 0 Å². The maximum absolute atomic E-state index is 6.39. The normalized spacial score (nSPS) is 28.7. The highest BCUT2D eigenvalue weighted by Crippen LogP contribution is 2.34. The first-order valence-corrected chi connectivity index (χ1v) is 7.81. The van der Waals surface area contributed by atoms with E-state index in [1.165, 1.54) is 51.4 Å². The van der Waals surface area contributed by atoms with Crippen molar-refractivity contribution in [3.63, 3.8) is 0 Å². The highest BCUT2D eigenvalue weighted by Gasteiger charge is 2.37. The van der Waals surface area contributed by atoms with Gasteiger partial charge in [-0.3, -0.25) is 0 Å². The fourth-order valence-electron chi connectivity index (χ4n) is 3.22. The molecule has 3 rings (SSSR count). The van der Waals surface area contributed by atoms with Crippen molar-refractivity contribution in [3.8, 4) is 0 Å². The third-order valence-electron chi connectivity index (χ3n) is 4.77. The topological polar surface area (TPSA) is 30.5 Å². The summed E-state index contributed by atoms with van der Waals surface area (Å²) in [5.41, 5.74) is 0.168. The van der Waals surface area contributed by atoms with Crippen LogP contribution < -0.4 is 5.32 Å². The molecular formula is C15H27NO2. The van der Waals surface area contributed by atoms with Gasteiger partial charge in [-0.25, -0.2) is 0 Å². The molecule has 0 spiro atoms. The van der Waals surface area contributed by atoms with Gasteiger partial charge in [0.15, 0.2) is 0 Å². The Morgan fingerprint density at radius 3 is 2.44 bits per heavy atom. The number of nitrogens with one attached hydrogen (secondary N) is 1. The Morgan fingerprint density at radius 1 is 1.06 bits per heavy atom. The van der Waals surface area contributed by atoms with Crippen molar-refractivity contribution in [2.45, 2.75) is 63.0 Å². The van der Waals surface area contributed by atoms with E-state index in [-0.39, 0.29) is 5.60 Å². The Kier molecular flexibility index (Phi) is 4.22. The summed E-state index contributed by atoms with van der Waals surface area (Å²) in [5, 5.41) is 3.68. The molecule has 0 atom stereocenters. The SMILES string of the molecule is C1CCC(CNC2CC2)(OCC2CCOCC2)C1. The van der Waals surface area contributed by atoms with E-state index >= 15 is 0 Å². The lowest BCUT2D eigenvalue weighted by molar-refractivity contribution is -0.0709. The second-order valence-electron chi connectivity index (χ2n) is 6.41. The predicted octanol–water partition coefficient (Wildman–Crippen LogP) is 2.49. The van der Waals surface area contributed by atoms with Crippen molar-refractivity contribution in [2.75, 3.05) is 26.4 Å². The van der Waals surface area contributed by atoms with Gasteiger partial charge in [-0.15, -0.1) is 0 Å². The number of ether oxygens (including phenoxy) is 2. The zero-order chi connectivity index (χ0) is 12.3. The minimum absolute atomic E-state index is 0.168. The summed E-state index contributed by atoms with van der Waals surface area (Å²) in [6.07, 6.45) is 10.3. The van der Waals surface area contributed by atoms with Crippen LogP contribution >= 0.6 is 0 Å². The van der Waals surface area contributed by atoms with Gasteiger partial charge in [0.25, 0.3) is 0 Å². The van der Waals surface area contributed by atoms with Gasteiger partial charge in [-0.1, -0.05) is 12.8 Å². The maximum Gasteiger partial charge on any atom is 0.0806 e. The van der Waals surface area contributed by atoms with Crippen LogP contribution in [0.15, 0.2) is 0 Å². The molecule has 0 unspecified atom stereocenters. The quantitative estimate of drug-likeness (QED) is 0.789. The van der Waals surface area contributed by atoms with Gasteiger partial charge in [0.05, 0.1) is 12.2 Å². The van der Waals surface area contributed by atoms with Gasteiger partial charge >= 0.3 is 0 Å². The molecule has 0 bridgehead atoms. The number of rotatable bonds is 6. The molecule has 0 aromatic heterocycles. The zero-order valence-electron chi connectivity index (χ0n) is 11.5. The summed E-state index contributed by atoms with van der Waals surface area (Å²) in [4.78, 5) is 0. The molecule has 3 aliphatic rings. The van der Waals surface area contributed by atoms with Crippen LogP contribution in [0.3, 0.4) is 0 Å². The van der Waals surface area contributed by atoms with Crippen LogP contribution in [0.4, 0.5) is 0 Å². The maximum atomic E-state index is 6.39. The molecule has 0 aromatic rings. The van der Waals surface area contributed by atoms with Crippen LogP contribution in [0.5, 0.6) is 0 Å². The molecule has 0 radical (unpaired) electrons. The minimum Gasteiger partial charge on any atom is -0.381 e. The minimum atomic E-state index is 0.168. The third-order valence-corrected chi connectivity index (χ3v) is 4.77. The van der Waals surface area contributed by atoms with E-state index in [1.807, 2.05) is 0 Å². The molecule has 2 saturated carbocycles. The third kappa shape index (κ3) is 3.46. The van der Waals surface area contributed by atoms with Crippen molar-refractivity contribution < 1.29 is 9.47 Å². The van der Waals surface area contributed by atoms with E-state index in [9.17, 15) is 0 Å². The van der Waals surface area contributed by atoms with Crippen LogP contribution in [0.25, 0.3) is 0 Å². The largest absolute Gasteiger partial charge is 0.381 e. The fourth-order valence-corrected chi connectivity index (χ4v) is 3.22. The highest BCUT2D eigenvalue weighted by atomic mass is 16.5. The van der Waals surface area contributed by atoms with Gasteiger partial charge in [0.1, 0.15) is 0 Å². The van der Waals surface area contributed by atoms with Crippen molar-refractivity contribution in [3.05, 3.63) is 0 Å². The molecule has 0 aromatic carbocycles. The Bertz CT molecular complexity index is 253. The van der Waals surface area contributed by atoms with Crippen molar-refractivity contribution in [1.82, 2.24) is 5.32 Å². The predicted molar refractivity (Wildman–Crippen MR) is 71.7 cm³/mol. The Morgan fingerprint density at radius 2 is 1.78 bits per heavy atom. The summed E-state index contributed by atoms with van der Waals surface area (Å²) in [6, 6.07) is 0.800. The highest BCUT2D eigenvalue weighted by molar-refractivity contribution is 4.92. The van der Waals surface area contributed by atoms with E-state index < -0.39 is 0 Å². The first kappa shape index (κ1) is 12.9. The molecule has 3 heteroatoms. The van der Waals surface area contributed by atoms with E-state index in [4.69, 9.17) is 9.47 Å². The Balaban J connectivity index is 1.45. The Hall–Kier alpha value is -0.120. The molecule has 0 amide bonds. The smallest absolute Gasteiger partial charge is 0.0806 e. The number of hydrogen-bond donors (Lipinski definition) is 1. The molecule has 3 nitrogen and oxygen atoms in total. The Labute approximate surface area is 111 Å². The van der Waals surface area contributed by atoms with Crippen molar-refractivity contribution >= 4 is 0 Å². The monoisotopic (exact) mass is 253 g/mol. The van der Waals surface area contributed by atoms with E-state index in [0.29, 0.717) is 0 Å². The lowest BCUT2D eigenvalue weighted by atomic mass is 9.99. The average Bonchev–Trinajstić information content (AvgIpc) is 3.14. The van der Waals surface area contributed by atoms with Gasteiger partial charge in [-0.2, -0.15) is 0 Å². The second kappa shape index (κ2) is 5.89. The summed E-state index contributed by atoms with van der Waals surface area (Å²) in [5.74, 6) is 0.733. The van der Waals surface area contributed by atoms with Gasteiger partial charge < -0.3 is 14.8 Å². The van der Waals surface area contributed by atoms with Crippen LogP contribution in [0, 0.1) is 5.92 Å². The summed E-state index contributed by atoms with van der Waals surface area (Å²) in [7, 11) is 0. The lowest BCUT2D eigenvalue weighted by Gasteiger charge is -2.33. The number of hydrogen-bond acceptors (Lipinski definition) is 3. The van der Waals surface area contributed by atoms with Gasteiger partial charge in [-0.05, 0) is 44.4 Å². The van der Waals surface area contributed by atoms with E-state index in [0.717, 1.165) is 38.3 Å². The van der Waals surface area contributed by atoms with Crippen LogP contribution in [0.2, 0.25) is 0 Å². The summed E-state index contributed by atoms with van der Waals surface area (Å²) < 4.78 is 11.8. The molecule has 1 aliphatic heterocycles. The van der Waals surface area contributed by atoms with E-state index in [2.05, 4.69) is 5.32 Å². The molecule has 2 aliphatic carbocycles. The summed E-state index contributed by atoms with van der Waals surface area (Å²) >= 11 is 0. The molecule has 1 saturated heterocycles. The first-order valence-electron chi connectivity index (χ1n) is 7.81. The van der Waals surface area contributed by atoms with Crippen LogP contribution in [0.1, 0.15) is 51.4 Å². The fraction of sp³-hybridized carbons (Fsp3) is 1.00. The molecular weight excluding hydrogens is 226 g/mol.